The van der Waals surface area contributed by atoms with Gasteiger partial charge in [0.25, 0.3) is 6.33 Å². The quantitative estimate of drug-likeness (QED) is 0.113. The maximum atomic E-state index is 6.89. The Morgan fingerprint density at radius 1 is 0.471 bits per heavy atom. The topological polar surface area (TPSA) is 45.7 Å². The molecule has 14 rings (SSSR count). The van der Waals surface area contributed by atoms with Gasteiger partial charge in [0.2, 0.25) is 0 Å². The SMILES string of the molecule is Cn1c2ccccc2c2c1c1c(c3ccccc3n1-c1ccccc1)c1c3ccc(Oc4cccc(-[n+]5[c-]n(-c6c(-c7ccccc7)cccc6-c6ccccc6)cc5)c4)cc3n(-c3ccccn3)c12. The van der Waals surface area contributed by atoms with Crippen LogP contribution in [-0.4, -0.2) is 23.3 Å². The van der Waals surface area contributed by atoms with Crippen molar-refractivity contribution in [2.24, 2.45) is 7.05 Å². The highest BCUT2D eigenvalue weighted by Gasteiger charge is 2.28. The Balaban J connectivity index is 0.953. The van der Waals surface area contributed by atoms with E-state index in [-0.39, 0.29) is 0 Å². The van der Waals surface area contributed by atoms with Gasteiger partial charge in [0, 0.05) is 75.2 Å². The fourth-order valence-corrected chi connectivity index (χ4v) is 10.9. The third-order valence-electron chi connectivity index (χ3n) is 13.9. The van der Waals surface area contributed by atoms with Gasteiger partial charge in [0.1, 0.15) is 17.3 Å². The Hall–Kier alpha value is -9.46. The molecule has 0 bridgehead atoms. The van der Waals surface area contributed by atoms with E-state index in [4.69, 9.17) is 9.72 Å². The van der Waals surface area contributed by atoms with Gasteiger partial charge in [-0.2, -0.15) is 0 Å². The molecule has 0 N–H and O–H groups in total. The maximum Gasteiger partial charge on any atom is 0.268 e. The molecule has 14 aromatic rings. The van der Waals surface area contributed by atoms with E-state index >= 15 is 0 Å². The average Bonchev–Trinajstić information content (AvgIpc) is 4.20. The summed E-state index contributed by atoms with van der Waals surface area (Å²) in [4.78, 5) is 5.04. The van der Waals surface area contributed by atoms with Gasteiger partial charge in [-0.05, 0) is 89.0 Å². The molecule has 0 aliphatic rings. The summed E-state index contributed by atoms with van der Waals surface area (Å²) in [7, 11) is 2.20. The monoisotopic (exact) mass is 898 g/mol. The molecular formula is C63H42N6O. The minimum atomic E-state index is 0.713. The number of aryl methyl sites for hydroxylation is 1. The van der Waals surface area contributed by atoms with Crippen molar-refractivity contribution < 1.29 is 9.30 Å². The highest BCUT2D eigenvalue weighted by atomic mass is 16.5. The van der Waals surface area contributed by atoms with Crippen LogP contribution in [0.15, 0.2) is 237 Å². The summed E-state index contributed by atoms with van der Waals surface area (Å²) >= 11 is 0. The fourth-order valence-electron chi connectivity index (χ4n) is 10.9. The summed E-state index contributed by atoms with van der Waals surface area (Å²) in [5.41, 5.74) is 14.4. The first-order chi connectivity index (χ1) is 34.7. The van der Waals surface area contributed by atoms with Gasteiger partial charge in [0.05, 0.1) is 39.0 Å². The Kier molecular flexibility index (Phi) is 8.97. The van der Waals surface area contributed by atoms with Crippen LogP contribution >= 0.6 is 0 Å². The first-order valence-corrected chi connectivity index (χ1v) is 23.6. The second-order valence-corrected chi connectivity index (χ2v) is 17.8. The Bertz CT molecular complexity index is 4260. The summed E-state index contributed by atoms with van der Waals surface area (Å²) in [6.07, 6.45) is 9.66. The van der Waals surface area contributed by atoms with Crippen LogP contribution in [0, 0.1) is 6.33 Å². The van der Waals surface area contributed by atoms with E-state index in [1.54, 1.807) is 0 Å². The van der Waals surface area contributed by atoms with Crippen LogP contribution in [-0.2, 0) is 7.05 Å². The minimum absolute atomic E-state index is 0.713. The Morgan fingerprint density at radius 2 is 1.09 bits per heavy atom. The van der Waals surface area contributed by atoms with Gasteiger partial charge in [-0.15, -0.1) is 0 Å². The molecule has 7 heteroatoms. The molecule has 330 valence electrons. The number of para-hydroxylation sites is 4. The van der Waals surface area contributed by atoms with E-state index in [0.717, 1.165) is 72.8 Å². The van der Waals surface area contributed by atoms with Crippen molar-refractivity contribution in [3.05, 3.63) is 243 Å². The third kappa shape index (κ3) is 6.08. The number of aromatic nitrogens is 6. The molecule has 70 heavy (non-hydrogen) atoms. The van der Waals surface area contributed by atoms with Crippen molar-refractivity contribution in [3.63, 3.8) is 0 Å². The lowest BCUT2D eigenvalue weighted by Crippen LogP contribution is -2.28. The number of benzene rings is 9. The zero-order valence-corrected chi connectivity index (χ0v) is 38.1. The number of fused-ring (bicyclic) bond motifs is 12. The number of ether oxygens (including phenoxy) is 1. The number of hydrogen-bond donors (Lipinski definition) is 0. The standard InChI is InChI=1S/C63H42N6O/c1-65-53-31-13-11-27-50(53)59-61-57(58-51-28-12-14-32-54(51)68(63(58)62(59)65)44-23-9-4-10-24-44)52-35-34-47(40-55(52)69(61)56-33-15-16-36-64-56)70-46-26-17-25-45(39-46)66-37-38-67(41-66)60-48(42-19-5-2-6-20-42)29-18-30-49(60)43-21-7-3-8-22-43/h2-40H,1H3. The van der Waals surface area contributed by atoms with Gasteiger partial charge in [-0.25, -0.2) is 4.98 Å². The van der Waals surface area contributed by atoms with E-state index in [2.05, 4.69) is 244 Å². The van der Waals surface area contributed by atoms with E-state index < -0.39 is 0 Å². The predicted octanol–water partition coefficient (Wildman–Crippen LogP) is 14.9. The highest BCUT2D eigenvalue weighted by molar-refractivity contribution is 6.40. The van der Waals surface area contributed by atoms with Crippen molar-refractivity contribution >= 4 is 65.4 Å². The molecule has 0 spiro atoms. The van der Waals surface area contributed by atoms with Gasteiger partial charge in [-0.1, -0.05) is 146 Å². The first-order valence-electron chi connectivity index (χ1n) is 23.6. The van der Waals surface area contributed by atoms with Crippen LogP contribution in [0.4, 0.5) is 0 Å². The lowest BCUT2D eigenvalue weighted by Gasteiger charge is -2.16. The van der Waals surface area contributed by atoms with Crippen LogP contribution in [0.5, 0.6) is 11.5 Å². The van der Waals surface area contributed by atoms with Crippen molar-refractivity contribution in [2.45, 2.75) is 0 Å². The normalized spacial score (nSPS) is 11.8. The van der Waals surface area contributed by atoms with Crippen LogP contribution in [0.3, 0.4) is 0 Å². The summed E-state index contributed by atoms with van der Waals surface area (Å²) in [6, 6.07) is 76.8. The van der Waals surface area contributed by atoms with Gasteiger partial charge < -0.3 is 13.9 Å². The van der Waals surface area contributed by atoms with Gasteiger partial charge >= 0.3 is 0 Å². The van der Waals surface area contributed by atoms with Crippen molar-refractivity contribution in [1.82, 2.24) is 23.3 Å². The lowest BCUT2D eigenvalue weighted by atomic mass is 9.96. The third-order valence-corrected chi connectivity index (χ3v) is 13.9. The molecule has 0 radical (unpaired) electrons. The molecule has 0 fully saturated rings. The van der Waals surface area contributed by atoms with Crippen molar-refractivity contribution in [3.8, 4) is 56.6 Å². The summed E-state index contributed by atoms with van der Waals surface area (Å²) in [5.74, 6) is 2.27. The zero-order valence-electron chi connectivity index (χ0n) is 38.1. The minimum Gasteiger partial charge on any atom is -0.458 e. The maximum absolute atomic E-state index is 6.89. The number of hydrogen-bond acceptors (Lipinski definition) is 2. The molecule has 7 nitrogen and oxygen atoms in total. The summed E-state index contributed by atoms with van der Waals surface area (Å²) in [6.45, 7) is 0. The van der Waals surface area contributed by atoms with Crippen molar-refractivity contribution in [2.75, 3.05) is 0 Å². The van der Waals surface area contributed by atoms with Gasteiger partial charge in [0.15, 0.2) is 0 Å². The molecule has 0 atom stereocenters. The number of nitrogens with zero attached hydrogens (tertiary/aromatic N) is 6. The highest BCUT2D eigenvalue weighted by Crippen LogP contribution is 2.50. The summed E-state index contributed by atoms with van der Waals surface area (Å²) < 4.78 is 18.2. The molecule has 9 aromatic carbocycles. The number of pyridine rings is 1. The van der Waals surface area contributed by atoms with Crippen LogP contribution in [0.1, 0.15) is 0 Å². The van der Waals surface area contributed by atoms with E-state index in [9.17, 15) is 0 Å². The van der Waals surface area contributed by atoms with E-state index in [1.165, 1.54) is 43.5 Å². The molecule has 0 unspecified atom stereocenters. The van der Waals surface area contributed by atoms with Crippen LogP contribution in [0.2, 0.25) is 0 Å². The second-order valence-electron chi connectivity index (χ2n) is 17.8. The molecule has 0 aliphatic heterocycles. The molecule has 0 amide bonds. The molecule has 5 aromatic heterocycles. The number of rotatable bonds is 8. The van der Waals surface area contributed by atoms with Crippen LogP contribution in [0.25, 0.3) is 111 Å². The smallest absolute Gasteiger partial charge is 0.268 e. The average molecular weight is 899 g/mol. The Labute approximate surface area is 403 Å². The zero-order chi connectivity index (χ0) is 46.3. The summed E-state index contributed by atoms with van der Waals surface area (Å²) in [5, 5.41) is 7.07. The molecule has 0 saturated carbocycles. The van der Waals surface area contributed by atoms with Crippen LogP contribution < -0.4 is 9.30 Å². The number of imidazole rings is 1. The Morgan fingerprint density at radius 3 is 1.81 bits per heavy atom. The lowest BCUT2D eigenvalue weighted by molar-refractivity contribution is -0.599. The van der Waals surface area contributed by atoms with E-state index in [1.807, 2.05) is 29.0 Å². The molecule has 5 heterocycles. The van der Waals surface area contributed by atoms with E-state index in [0.29, 0.717) is 5.75 Å². The molecule has 0 aliphatic carbocycles. The largest absolute Gasteiger partial charge is 0.458 e. The predicted molar refractivity (Wildman–Crippen MR) is 284 cm³/mol. The first kappa shape index (κ1) is 39.7. The molecule has 0 saturated heterocycles. The van der Waals surface area contributed by atoms with Crippen molar-refractivity contribution in [1.29, 1.82) is 0 Å². The molecular weight excluding hydrogens is 857 g/mol. The van der Waals surface area contributed by atoms with Gasteiger partial charge in [-0.3, -0.25) is 13.7 Å². The fraction of sp³-hybridized carbons (Fsp3) is 0.0159. The second kappa shape index (κ2) is 15.8.